The highest BCUT2D eigenvalue weighted by Gasteiger charge is 2.20. The number of carboxylic acid groups (broad SMARTS) is 1. The van der Waals surface area contributed by atoms with Crippen molar-refractivity contribution in [1.29, 1.82) is 0 Å². The lowest BCUT2D eigenvalue weighted by molar-refractivity contribution is 0.0691. The normalized spacial score (nSPS) is 10.5. The summed E-state index contributed by atoms with van der Waals surface area (Å²) in [5.74, 6) is -1.15. The van der Waals surface area contributed by atoms with Crippen LogP contribution >= 0.6 is 0 Å². The van der Waals surface area contributed by atoms with Crippen molar-refractivity contribution in [2.24, 2.45) is 0 Å². The third-order valence-electron chi connectivity index (χ3n) is 2.37. The molecule has 7 nitrogen and oxygen atoms in total. The number of aliphatic hydroxyl groups excluding tert-OH is 1. The van der Waals surface area contributed by atoms with Crippen LogP contribution in [0.1, 0.15) is 16.9 Å². The quantitative estimate of drug-likeness (QED) is 0.795. The minimum Gasteiger partial charge on any atom is -0.476 e. The fraction of sp³-hybridized carbons (Fsp3) is 0.273. The molecule has 0 unspecified atom stereocenters. The first-order chi connectivity index (χ1) is 8.74. The molecule has 0 saturated carbocycles. The molecule has 7 heteroatoms. The molecule has 0 amide bonds. The van der Waals surface area contributed by atoms with Crippen LogP contribution in [0.3, 0.4) is 0 Å². The molecule has 94 valence electrons. The monoisotopic (exact) mass is 248 g/mol. The number of hydrogen-bond acceptors (Lipinski definition) is 5. The van der Waals surface area contributed by atoms with Gasteiger partial charge in [-0.25, -0.2) is 9.48 Å². The van der Waals surface area contributed by atoms with Gasteiger partial charge in [-0.15, -0.1) is 5.10 Å². The van der Waals surface area contributed by atoms with Gasteiger partial charge in [0.15, 0.2) is 5.69 Å². The maximum atomic E-state index is 11.1. The minimum absolute atomic E-state index is 0.00389. The molecule has 0 bridgehead atoms. The summed E-state index contributed by atoms with van der Waals surface area (Å²) in [5, 5.41) is 25.3. The molecule has 0 radical (unpaired) electrons. The second kappa shape index (κ2) is 5.37. The molecule has 0 fully saturated rings. The Balaban J connectivity index is 2.47. The molecule has 2 N–H and O–H groups in total. The third kappa shape index (κ3) is 2.35. The van der Waals surface area contributed by atoms with Crippen LogP contribution in [-0.2, 0) is 6.54 Å². The Morgan fingerprint density at radius 1 is 1.39 bits per heavy atom. The zero-order chi connectivity index (χ0) is 13.0. The van der Waals surface area contributed by atoms with E-state index in [1.165, 1.54) is 4.68 Å². The highest BCUT2D eigenvalue weighted by Crippen LogP contribution is 2.19. The maximum absolute atomic E-state index is 11.1. The molecule has 0 aromatic carbocycles. The number of nitrogens with zero attached hydrogens (tertiary/aromatic N) is 4. The Morgan fingerprint density at radius 2 is 2.22 bits per heavy atom. The number of aromatic carboxylic acids is 1. The van der Waals surface area contributed by atoms with E-state index < -0.39 is 5.97 Å². The number of pyridine rings is 1. The van der Waals surface area contributed by atoms with Crippen LogP contribution in [0.25, 0.3) is 11.4 Å². The lowest BCUT2D eigenvalue weighted by atomic mass is 10.2. The molecule has 2 aromatic heterocycles. The number of aliphatic hydroxyl groups is 1. The zero-order valence-corrected chi connectivity index (χ0v) is 9.52. The average Bonchev–Trinajstić information content (AvgIpc) is 2.81. The molecule has 0 spiro atoms. The number of carboxylic acids is 1. The summed E-state index contributed by atoms with van der Waals surface area (Å²) >= 11 is 0. The highest BCUT2D eigenvalue weighted by atomic mass is 16.4. The van der Waals surface area contributed by atoms with E-state index in [0.717, 1.165) is 0 Å². The first-order valence-corrected chi connectivity index (χ1v) is 5.43. The SMILES string of the molecule is O=C(O)c1nnn(CCCO)c1-c1ccccn1. The van der Waals surface area contributed by atoms with Crippen molar-refractivity contribution in [3.05, 3.63) is 30.1 Å². The van der Waals surface area contributed by atoms with Gasteiger partial charge < -0.3 is 10.2 Å². The molecule has 0 aliphatic carbocycles. The van der Waals surface area contributed by atoms with Crippen LogP contribution in [-0.4, -0.2) is 42.8 Å². The van der Waals surface area contributed by atoms with Gasteiger partial charge in [0, 0.05) is 19.3 Å². The highest BCUT2D eigenvalue weighted by molar-refractivity contribution is 5.92. The predicted molar refractivity (Wildman–Crippen MR) is 61.9 cm³/mol. The number of hydrogen-bond donors (Lipinski definition) is 2. The van der Waals surface area contributed by atoms with E-state index in [0.29, 0.717) is 24.4 Å². The van der Waals surface area contributed by atoms with E-state index >= 15 is 0 Å². The zero-order valence-electron chi connectivity index (χ0n) is 9.52. The van der Waals surface area contributed by atoms with Crippen LogP contribution in [0, 0.1) is 0 Å². The topological polar surface area (TPSA) is 101 Å². The summed E-state index contributed by atoms with van der Waals surface area (Å²) in [6.07, 6.45) is 2.05. The largest absolute Gasteiger partial charge is 0.476 e. The Hall–Kier alpha value is -2.28. The third-order valence-corrected chi connectivity index (χ3v) is 2.37. The average molecular weight is 248 g/mol. The minimum atomic E-state index is -1.15. The maximum Gasteiger partial charge on any atom is 0.358 e. The van der Waals surface area contributed by atoms with Crippen LogP contribution in [0.5, 0.6) is 0 Å². The second-order valence-electron chi connectivity index (χ2n) is 3.61. The Morgan fingerprint density at radius 3 is 2.83 bits per heavy atom. The van der Waals surface area contributed by atoms with Crippen LogP contribution in [0.4, 0.5) is 0 Å². The number of rotatable bonds is 5. The summed E-state index contributed by atoms with van der Waals surface area (Å²) in [6, 6.07) is 5.20. The van der Waals surface area contributed by atoms with E-state index in [-0.39, 0.29) is 12.3 Å². The van der Waals surface area contributed by atoms with Crippen LogP contribution in [0.15, 0.2) is 24.4 Å². The van der Waals surface area contributed by atoms with Gasteiger partial charge in [-0.3, -0.25) is 4.98 Å². The van der Waals surface area contributed by atoms with Gasteiger partial charge in [-0.05, 0) is 18.6 Å². The van der Waals surface area contributed by atoms with E-state index in [1.807, 2.05) is 0 Å². The van der Waals surface area contributed by atoms with Crippen molar-refractivity contribution in [2.45, 2.75) is 13.0 Å². The van der Waals surface area contributed by atoms with E-state index in [9.17, 15) is 4.79 Å². The fourth-order valence-electron chi connectivity index (χ4n) is 1.59. The lowest BCUT2D eigenvalue weighted by Crippen LogP contribution is -2.07. The van der Waals surface area contributed by atoms with Gasteiger partial charge in [0.05, 0.1) is 5.69 Å². The second-order valence-corrected chi connectivity index (χ2v) is 3.61. The number of aryl methyl sites for hydroxylation is 1. The molecule has 2 rings (SSSR count). The predicted octanol–water partition coefficient (Wildman–Crippen LogP) is 0.421. The van der Waals surface area contributed by atoms with Gasteiger partial charge in [-0.2, -0.15) is 0 Å². The van der Waals surface area contributed by atoms with Crippen molar-refractivity contribution in [2.75, 3.05) is 6.61 Å². The molecule has 0 aliphatic heterocycles. The molecule has 0 aliphatic rings. The fourth-order valence-corrected chi connectivity index (χ4v) is 1.59. The Labute approximate surface area is 103 Å². The number of carbonyl (C=O) groups is 1. The summed E-state index contributed by atoms with van der Waals surface area (Å²) in [6.45, 7) is 0.395. The van der Waals surface area contributed by atoms with Crippen molar-refractivity contribution in [3.8, 4) is 11.4 Å². The van der Waals surface area contributed by atoms with Crippen molar-refractivity contribution in [3.63, 3.8) is 0 Å². The van der Waals surface area contributed by atoms with Crippen LogP contribution < -0.4 is 0 Å². The smallest absolute Gasteiger partial charge is 0.358 e. The first-order valence-electron chi connectivity index (χ1n) is 5.43. The molecule has 0 atom stereocenters. The van der Waals surface area contributed by atoms with E-state index in [1.54, 1.807) is 24.4 Å². The summed E-state index contributed by atoms with van der Waals surface area (Å²) in [5.41, 5.74) is 0.723. The van der Waals surface area contributed by atoms with Gasteiger partial charge in [0.2, 0.25) is 0 Å². The molecular formula is C11H12N4O3. The Kier molecular flexibility index (Phi) is 3.63. The summed E-state index contributed by atoms with van der Waals surface area (Å²) in [7, 11) is 0. The molecule has 2 heterocycles. The van der Waals surface area contributed by atoms with Crippen LogP contribution in [0.2, 0.25) is 0 Å². The number of aromatic nitrogens is 4. The molecule has 2 aromatic rings. The van der Waals surface area contributed by atoms with Gasteiger partial charge in [0.25, 0.3) is 0 Å². The lowest BCUT2D eigenvalue weighted by Gasteiger charge is -2.05. The van der Waals surface area contributed by atoms with Crippen molar-refractivity contribution >= 4 is 5.97 Å². The summed E-state index contributed by atoms with van der Waals surface area (Å²) in [4.78, 5) is 15.2. The Bertz CT molecular complexity index is 538. The van der Waals surface area contributed by atoms with Gasteiger partial charge in [0.1, 0.15) is 5.69 Å². The standard InChI is InChI=1S/C11H12N4O3/c16-7-3-6-15-10(8-4-1-2-5-12-8)9(11(17)18)13-14-15/h1-2,4-5,16H,3,6-7H2,(H,17,18). The first kappa shape index (κ1) is 12.2. The van der Waals surface area contributed by atoms with Crippen molar-refractivity contribution < 1.29 is 15.0 Å². The van der Waals surface area contributed by atoms with Crippen molar-refractivity contribution in [1.82, 2.24) is 20.0 Å². The van der Waals surface area contributed by atoms with E-state index in [4.69, 9.17) is 10.2 Å². The summed E-state index contributed by atoms with van der Waals surface area (Å²) < 4.78 is 1.45. The molecule has 0 saturated heterocycles. The van der Waals surface area contributed by atoms with E-state index in [2.05, 4.69) is 15.3 Å². The molecular weight excluding hydrogens is 236 g/mol. The van der Waals surface area contributed by atoms with Gasteiger partial charge in [-0.1, -0.05) is 11.3 Å². The van der Waals surface area contributed by atoms with Gasteiger partial charge >= 0.3 is 5.97 Å². The molecule has 18 heavy (non-hydrogen) atoms.